The van der Waals surface area contributed by atoms with E-state index in [4.69, 9.17) is 0 Å². The molecular weight excluding hydrogens is 308 g/mol. The maximum atomic E-state index is 4.07. The van der Waals surface area contributed by atoms with Crippen molar-refractivity contribution in [1.29, 1.82) is 0 Å². The number of tetrazole rings is 2. The van der Waals surface area contributed by atoms with Crippen molar-refractivity contribution in [3.05, 3.63) is 35.9 Å². The van der Waals surface area contributed by atoms with E-state index in [9.17, 15) is 0 Å². The van der Waals surface area contributed by atoms with Gasteiger partial charge in [-0.2, -0.15) is 9.36 Å². The van der Waals surface area contributed by atoms with Crippen LogP contribution in [0.1, 0.15) is 11.6 Å². The quantitative estimate of drug-likeness (QED) is 0.612. The molecule has 3 aromatic rings. The maximum Gasteiger partial charge on any atom is 0.170 e. The highest BCUT2D eigenvalue weighted by Gasteiger charge is 2.12. The molecule has 10 heteroatoms. The van der Waals surface area contributed by atoms with Crippen LogP contribution in [0.2, 0.25) is 0 Å². The van der Waals surface area contributed by atoms with Crippen LogP contribution in [0.15, 0.2) is 24.3 Å². The van der Waals surface area contributed by atoms with E-state index in [0.717, 1.165) is 23.0 Å². The summed E-state index contributed by atoms with van der Waals surface area (Å²) in [4.78, 5) is 4.04. The van der Waals surface area contributed by atoms with Crippen molar-refractivity contribution in [3.8, 4) is 11.4 Å². The van der Waals surface area contributed by atoms with Gasteiger partial charge in [0.1, 0.15) is 0 Å². The second-order valence-electron chi connectivity index (χ2n) is 6.01. The fourth-order valence-corrected chi connectivity index (χ4v) is 2.31. The van der Waals surface area contributed by atoms with Crippen LogP contribution in [0, 0.1) is 0 Å². The minimum absolute atomic E-state index is 0.661. The Morgan fingerprint density at radius 2 is 1.08 bits per heavy atom. The highest BCUT2D eigenvalue weighted by molar-refractivity contribution is 5.41. The Hall–Kier alpha value is -2.72. The number of benzene rings is 1. The molecule has 3 rings (SSSR count). The zero-order chi connectivity index (χ0) is 17.1. The van der Waals surface area contributed by atoms with Crippen molar-refractivity contribution in [2.45, 2.75) is 13.1 Å². The van der Waals surface area contributed by atoms with Gasteiger partial charge in [-0.3, -0.25) is 0 Å². The molecule has 0 spiro atoms. The van der Waals surface area contributed by atoms with Gasteiger partial charge >= 0.3 is 0 Å². The van der Waals surface area contributed by atoms with Crippen LogP contribution in [-0.4, -0.2) is 78.4 Å². The molecule has 0 amide bonds. The van der Waals surface area contributed by atoms with Gasteiger partial charge in [0.25, 0.3) is 0 Å². The molecule has 2 aromatic heterocycles. The first-order chi connectivity index (χ1) is 11.5. The van der Waals surface area contributed by atoms with Crippen LogP contribution < -0.4 is 0 Å². The average molecular weight is 328 g/mol. The number of aromatic nitrogens is 8. The van der Waals surface area contributed by atoms with Gasteiger partial charge in [0.2, 0.25) is 0 Å². The fraction of sp³-hybridized carbons (Fsp3) is 0.429. The molecular formula is C14H20N10. The van der Waals surface area contributed by atoms with Gasteiger partial charge in [-0.25, -0.2) is 0 Å². The number of rotatable bonds is 6. The molecule has 0 saturated heterocycles. The molecule has 0 fully saturated rings. The summed E-state index contributed by atoms with van der Waals surface area (Å²) in [6.45, 7) is 1.32. The van der Waals surface area contributed by atoms with Crippen molar-refractivity contribution in [3.63, 3.8) is 0 Å². The van der Waals surface area contributed by atoms with Gasteiger partial charge in [-0.05, 0) is 73.3 Å². The lowest BCUT2D eigenvalue weighted by Crippen LogP contribution is -2.16. The van der Waals surface area contributed by atoms with Crippen molar-refractivity contribution < 1.29 is 0 Å². The first kappa shape index (κ1) is 16.1. The number of hydrogen-bond donors (Lipinski definition) is 0. The minimum Gasteiger partial charge on any atom is -0.302 e. The highest BCUT2D eigenvalue weighted by atomic mass is 15.6. The first-order valence-corrected chi connectivity index (χ1v) is 7.49. The Morgan fingerprint density at radius 3 is 1.42 bits per heavy atom. The third-order valence-electron chi connectivity index (χ3n) is 3.32. The molecule has 2 heterocycles. The molecule has 0 aliphatic rings. The molecule has 0 atom stereocenters. The summed E-state index contributed by atoms with van der Waals surface area (Å²) >= 11 is 0. The molecule has 10 nitrogen and oxygen atoms in total. The van der Waals surface area contributed by atoms with E-state index in [2.05, 4.69) is 31.1 Å². The molecule has 126 valence electrons. The molecule has 24 heavy (non-hydrogen) atoms. The summed E-state index contributed by atoms with van der Waals surface area (Å²) in [6.07, 6.45) is 0. The first-order valence-electron chi connectivity index (χ1n) is 7.49. The Labute approximate surface area is 139 Å². The van der Waals surface area contributed by atoms with Crippen LogP contribution in [0.4, 0.5) is 0 Å². The average Bonchev–Trinajstić information content (AvgIpc) is 3.16. The van der Waals surface area contributed by atoms with Crippen LogP contribution in [0.5, 0.6) is 0 Å². The predicted octanol–water partition coefficient (Wildman–Crippen LogP) is -0.239. The van der Waals surface area contributed by atoms with E-state index < -0.39 is 0 Å². The van der Waals surface area contributed by atoms with Gasteiger partial charge in [0.05, 0.1) is 24.5 Å². The van der Waals surface area contributed by atoms with E-state index in [-0.39, 0.29) is 0 Å². The Kier molecular flexibility index (Phi) is 4.58. The van der Waals surface area contributed by atoms with E-state index in [1.54, 1.807) is 9.36 Å². The summed E-state index contributed by atoms with van der Waals surface area (Å²) < 4.78 is 3.45. The monoisotopic (exact) mass is 328 g/mol. The van der Waals surface area contributed by atoms with Crippen molar-refractivity contribution in [2.75, 3.05) is 28.2 Å². The molecule has 0 N–H and O–H groups in total. The van der Waals surface area contributed by atoms with E-state index in [1.807, 2.05) is 62.3 Å². The van der Waals surface area contributed by atoms with E-state index in [1.165, 1.54) is 0 Å². The van der Waals surface area contributed by atoms with Crippen molar-refractivity contribution in [2.24, 2.45) is 0 Å². The van der Waals surface area contributed by atoms with Crippen LogP contribution in [0.3, 0.4) is 0 Å². The Morgan fingerprint density at radius 1 is 0.708 bits per heavy atom. The molecule has 0 saturated carbocycles. The number of nitrogens with zero attached hydrogens (tertiary/aromatic N) is 10. The zero-order valence-corrected chi connectivity index (χ0v) is 14.2. The number of hydrogen-bond acceptors (Lipinski definition) is 8. The predicted molar refractivity (Wildman–Crippen MR) is 86.6 cm³/mol. The Balaban J connectivity index is 1.87. The summed E-state index contributed by atoms with van der Waals surface area (Å²) in [5.74, 6) is 1.56. The SMILES string of the molecule is CN(C)Cc1nnnn1-c1ccc(-n2nnnc2CN(C)C)cc1. The second kappa shape index (κ2) is 6.81. The fourth-order valence-electron chi connectivity index (χ4n) is 2.31. The van der Waals surface area contributed by atoms with Gasteiger partial charge in [-0.1, -0.05) is 0 Å². The lowest BCUT2D eigenvalue weighted by atomic mass is 10.2. The maximum absolute atomic E-state index is 4.07. The molecule has 0 unspecified atom stereocenters. The Bertz CT molecular complexity index is 719. The second-order valence-corrected chi connectivity index (χ2v) is 6.01. The van der Waals surface area contributed by atoms with Gasteiger partial charge < -0.3 is 9.80 Å². The van der Waals surface area contributed by atoms with Crippen LogP contribution in [0.25, 0.3) is 11.4 Å². The normalized spacial score (nSPS) is 11.6. The third-order valence-corrected chi connectivity index (χ3v) is 3.32. The van der Waals surface area contributed by atoms with Crippen molar-refractivity contribution in [1.82, 2.24) is 50.2 Å². The molecule has 0 bridgehead atoms. The molecule has 0 radical (unpaired) electrons. The topological polar surface area (TPSA) is 93.7 Å². The van der Waals surface area contributed by atoms with Gasteiger partial charge in [0, 0.05) is 0 Å². The van der Waals surface area contributed by atoms with Crippen LogP contribution >= 0.6 is 0 Å². The molecule has 1 aromatic carbocycles. The van der Waals surface area contributed by atoms with Crippen LogP contribution in [-0.2, 0) is 13.1 Å². The zero-order valence-electron chi connectivity index (χ0n) is 14.2. The summed E-state index contributed by atoms with van der Waals surface area (Å²) in [7, 11) is 7.91. The molecule has 0 aliphatic carbocycles. The van der Waals surface area contributed by atoms with Crippen molar-refractivity contribution >= 4 is 0 Å². The molecule has 0 aliphatic heterocycles. The smallest absolute Gasteiger partial charge is 0.170 e. The third kappa shape index (κ3) is 3.44. The highest BCUT2D eigenvalue weighted by Crippen LogP contribution is 2.14. The summed E-state index contributed by atoms with van der Waals surface area (Å²) in [5, 5.41) is 23.8. The van der Waals surface area contributed by atoms with E-state index >= 15 is 0 Å². The minimum atomic E-state index is 0.661. The summed E-state index contributed by atoms with van der Waals surface area (Å²) in [5.41, 5.74) is 1.78. The van der Waals surface area contributed by atoms with Gasteiger partial charge in [0.15, 0.2) is 11.6 Å². The standard InChI is InChI=1S/C14H20N10/c1-21(2)9-13-15-17-19-23(13)11-5-7-12(8-6-11)24-14(10-22(3)4)16-18-20-24/h5-8H,9-10H2,1-4H3. The summed E-state index contributed by atoms with van der Waals surface area (Å²) in [6, 6.07) is 7.80. The lowest BCUT2D eigenvalue weighted by molar-refractivity contribution is 0.385. The largest absolute Gasteiger partial charge is 0.302 e. The van der Waals surface area contributed by atoms with Gasteiger partial charge in [-0.15, -0.1) is 10.2 Å². The van der Waals surface area contributed by atoms with E-state index in [0.29, 0.717) is 13.1 Å². The lowest BCUT2D eigenvalue weighted by Gasteiger charge is -2.11.